The molecule has 0 amide bonds. The molecule has 0 aliphatic carbocycles. The average Bonchev–Trinajstić information content (AvgIpc) is 2.86. The van der Waals surface area contributed by atoms with Crippen LogP contribution in [0.2, 0.25) is 0 Å². The Balaban J connectivity index is 2.38. The van der Waals surface area contributed by atoms with Crippen molar-refractivity contribution in [2.75, 3.05) is 0 Å². The van der Waals surface area contributed by atoms with Gasteiger partial charge in [0.15, 0.2) is 0 Å². The van der Waals surface area contributed by atoms with Crippen LogP contribution >= 0.6 is 11.3 Å². The van der Waals surface area contributed by atoms with Crippen molar-refractivity contribution in [3.8, 4) is 11.1 Å². The third-order valence-electron chi connectivity index (χ3n) is 3.74. The predicted molar refractivity (Wildman–Crippen MR) is 91.1 cm³/mol. The van der Waals surface area contributed by atoms with E-state index in [4.69, 9.17) is 5.11 Å². The smallest absolute Gasteiger partial charge is 0.323 e. The summed E-state index contributed by atoms with van der Waals surface area (Å²) in [5.74, 6) is -0.540. The summed E-state index contributed by atoms with van der Waals surface area (Å²) in [4.78, 5) is 30.2. The Labute approximate surface area is 136 Å². The Hall–Kier alpha value is -2.47. The second kappa shape index (κ2) is 5.96. The molecule has 0 atom stereocenters. The van der Waals surface area contributed by atoms with Crippen molar-refractivity contribution in [1.82, 2.24) is 9.55 Å². The first-order valence-corrected chi connectivity index (χ1v) is 8.14. The zero-order chi connectivity index (χ0) is 16.6. The molecule has 2 aromatic heterocycles. The van der Waals surface area contributed by atoms with Crippen LogP contribution in [0.1, 0.15) is 17.6 Å². The van der Waals surface area contributed by atoms with Gasteiger partial charge in [-0.25, -0.2) is 4.98 Å². The number of carboxylic acid groups (broad SMARTS) is 1. The third kappa shape index (κ3) is 2.66. The number of nitrogens with zero attached hydrogens (tertiary/aromatic N) is 2. The minimum atomic E-state index is -1.05. The zero-order valence-electron chi connectivity index (χ0n) is 12.9. The van der Waals surface area contributed by atoms with Gasteiger partial charge in [0.1, 0.15) is 17.2 Å². The van der Waals surface area contributed by atoms with Crippen LogP contribution < -0.4 is 5.56 Å². The number of carbonyl (C=O) groups is 1. The number of rotatable bonds is 4. The lowest BCUT2D eigenvalue weighted by Crippen LogP contribution is -2.28. The Morgan fingerprint density at radius 1 is 1.30 bits per heavy atom. The number of benzene rings is 1. The minimum absolute atomic E-state index is 0.280. The van der Waals surface area contributed by atoms with Gasteiger partial charge in [-0.05, 0) is 12.5 Å². The molecule has 23 heavy (non-hydrogen) atoms. The lowest BCUT2D eigenvalue weighted by atomic mass is 10.0. The summed E-state index contributed by atoms with van der Waals surface area (Å²) >= 11 is 1.47. The number of aryl methyl sites for hydroxylation is 2. The topological polar surface area (TPSA) is 72.2 Å². The molecule has 0 saturated heterocycles. The van der Waals surface area contributed by atoms with Gasteiger partial charge in [-0.1, -0.05) is 37.3 Å². The fourth-order valence-electron chi connectivity index (χ4n) is 2.76. The molecule has 5 nitrogen and oxygen atoms in total. The molecular weight excluding hydrogens is 312 g/mol. The third-order valence-corrected chi connectivity index (χ3v) is 4.74. The van der Waals surface area contributed by atoms with Crippen LogP contribution in [-0.4, -0.2) is 20.6 Å². The van der Waals surface area contributed by atoms with E-state index in [2.05, 4.69) is 4.98 Å². The monoisotopic (exact) mass is 328 g/mol. The van der Waals surface area contributed by atoms with Crippen LogP contribution in [0.25, 0.3) is 21.3 Å². The highest BCUT2D eigenvalue weighted by Gasteiger charge is 2.19. The molecule has 0 saturated carbocycles. The van der Waals surface area contributed by atoms with Crippen molar-refractivity contribution in [3.63, 3.8) is 0 Å². The highest BCUT2D eigenvalue weighted by Crippen LogP contribution is 2.35. The molecule has 118 valence electrons. The Morgan fingerprint density at radius 3 is 2.61 bits per heavy atom. The van der Waals surface area contributed by atoms with Crippen LogP contribution in [0, 0.1) is 6.92 Å². The number of thiophene rings is 1. The summed E-state index contributed by atoms with van der Waals surface area (Å²) in [5, 5.41) is 9.60. The average molecular weight is 328 g/mol. The first-order valence-electron chi connectivity index (χ1n) is 7.33. The van der Waals surface area contributed by atoms with Crippen LogP contribution in [0.3, 0.4) is 0 Å². The number of aromatic nitrogens is 2. The maximum Gasteiger partial charge on any atom is 0.323 e. The van der Waals surface area contributed by atoms with E-state index in [9.17, 15) is 9.59 Å². The van der Waals surface area contributed by atoms with Gasteiger partial charge in [-0.3, -0.25) is 14.2 Å². The van der Waals surface area contributed by atoms with Crippen molar-refractivity contribution in [1.29, 1.82) is 0 Å². The van der Waals surface area contributed by atoms with Crippen molar-refractivity contribution >= 4 is 27.5 Å². The molecule has 0 fully saturated rings. The fourth-order valence-corrected chi connectivity index (χ4v) is 3.81. The van der Waals surface area contributed by atoms with E-state index in [1.165, 1.54) is 15.9 Å². The molecule has 0 aliphatic heterocycles. The summed E-state index contributed by atoms with van der Waals surface area (Å²) in [6, 6.07) is 9.65. The Bertz CT molecular complexity index is 942. The lowest BCUT2D eigenvalue weighted by Gasteiger charge is -2.09. The number of hydrogen-bond donors (Lipinski definition) is 1. The van der Waals surface area contributed by atoms with E-state index in [0.29, 0.717) is 22.5 Å². The zero-order valence-corrected chi connectivity index (χ0v) is 13.7. The first kappa shape index (κ1) is 15.4. The number of aliphatic carboxylic acids is 1. The second-order valence-electron chi connectivity index (χ2n) is 5.25. The largest absolute Gasteiger partial charge is 0.480 e. The molecule has 1 aromatic carbocycles. The molecular formula is C17H16N2O3S. The van der Waals surface area contributed by atoms with Crippen molar-refractivity contribution in [2.24, 2.45) is 0 Å². The molecule has 1 N–H and O–H groups in total. The van der Waals surface area contributed by atoms with Crippen LogP contribution in [0.15, 0.2) is 35.1 Å². The number of hydrogen-bond acceptors (Lipinski definition) is 4. The molecule has 0 spiro atoms. The Kier molecular flexibility index (Phi) is 4.00. The Morgan fingerprint density at radius 2 is 2.00 bits per heavy atom. The van der Waals surface area contributed by atoms with Gasteiger partial charge in [-0.2, -0.15) is 0 Å². The van der Waals surface area contributed by atoms with E-state index in [-0.39, 0.29) is 12.1 Å². The normalized spacial score (nSPS) is 11.0. The molecule has 3 rings (SSSR count). The van der Waals surface area contributed by atoms with Gasteiger partial charge in [0.05, 0.1) is 5.39 Å². The van der Waals surface area contributed by atoms with E-state index < -0.39 is 5.97 Å². The minimum Gasteiger partial charge on any atom is -0.480 e. The predicted octanol–water partition coefficient (Wildman–Crippen LogP) is 3.08. The molecule has 6 heteroatoms. The van der Waals surface area contributed by atoms with Gasteiger partial charge in [-0.15, -0.1) is 11.3 Å². The second-order valence-corrected chi connectivity index (χ2v) is 6.45. The molecule has 0 aliphatic rings. The van der Waals surface area contributed by atoms with Crippen LogP contribution in [0.4, 0.5) is 0 Å². The quantitative estimate of drug-likeness (QED) is 0.799. The van der Waals surface area contributed by atoms with Crippen LogP contribution in [0.5, 0.6) is 0 Å². The molecule has 2 heterocycles. The lowest BCUT2D eigenvalue weighted by molar-refractivity contribution is -0.137. The van der Waals surface area contributed by atoms with Gasteiger partial charge >= 0.3 is 5.97 Å². The molecule has 0 radical (unpaired) electrons. The fraction of sp³-hybridized carbons (Fsp3) is 0.235. The summed E-state index contributed by atoms with van der Waals surface area (Å²) < 4.78 is 1.27. The number of carboxylic acids is 1. The number of fused-ring (bicyclic) bond motifs is 1. The van der Waals surface area contributed by atoms with Gasteiger partial charge in [0, 0.05) is 16.9 Å². The van der Waals surface area contributed by atoms with E-state index in [0.717, 1.165) is 16.0 Å². The maximum absolute atomic E-state index is 12.9. The highest BCUT2D eigenvalue weighted by atomic mass is 32.1. The van der Waals surface area contributed by atoms with Crippen molar-refractivity contribution in [3.05, 3.63) is 51.4 Å². The van der Waals surface area contributed by atoms with Crippen molar-refractivity contribution in [2.45, 2.75) is 26.8 Å². The van der Waals surface area contributed by atoms with Gasteiger partial charge < -0.3 is 5.11 Å². The summed E-state index contributed by atoms with van der Waals surface area (Å²) in [5.41, 5.74) is 1.52. The van der Waals surface area contributed by atoms with E-state index in [1.807, 2.05) is 44.2 Å². The van der Waals surface area contributed by atoms with E-state index in [1.54, 1.807) is 0 Å². The molecule has 0 bridgehead atoms. The molecule has 0 unspecified atom stereocenters. The van der Waals surface area contributed by atoms with Crippen molar-refractivity contribution < 1.29 is 9.90 Å². The highest BCUT2D eigenvalue weighted by molar-refractivity contribution is 7.19. The first-order chi connectivity index (χ1) is 11.0. The SMILES string of the molecule is CCc1nc2sc(C)c(-c3ccccc3)c2c(=O)n1CC(=O)O. The summed E-state index contributed by atoms with van der Waals surface area (Å²) in [6.07, 6.45) is 0.510. The summed E-state index contributed by atoms with van der Waals surface area (Å²) in [7, 11) is 0. The summed E-state index contributed by atoms with van der Waals surface area (Å²) in [6.45, 7) is 3.46. The van der Waals surface area contributed by atoms with Crippen LogP contribution in [-0.2, 0) is 17.8 Å². The van der Waals surface area contributed by atoms with Gasteiger partial charge in [0.2, 0.25) is 0 Å². The van der Waals surface area contributed by atoms with Gasteiger partial charge in [0.25, 0.3) is 5.56 Å². The van der Waals surface area contributed by atoms with E-state index >= 15 is 0 Å². The maximum atomic E-state index is 12.9. The molecule has 3 aromatic rings. The standard InChI is InChI=1S/C17H16N2O3S/c1-3-12-18-16-15(17(22)19(12)9-13(20)21)14(10(2)23-16)11-7-5-4-6-8-11/h4-8H,3,9H2,1-2H3,(H,20,21).